The largest absolute Gasteiger partial charge is 0.491 e. The Balaban J connectivity index is 0. The molecule has 1 nitrogen and oxygen atoms in total. The van der Waals surface area contributed by atoms with Crippen LogP contribution < -0.4 is 0 Å². The average Bonchev–Trinajstić information content (AvgIpc) is 2.86. The highest BCUT2D eigenvalue weighted by Crippen LogP contribution is 2.28. The highest BCUT2D eigenvalue weighted by molar-refractivity contribution is 5.53. The molecule has 0 aromatic carbocycles. The number of hydrogen-bond donors (Lipinski definition) is 0. The summed E-state index contributed by atoms with van der Waals surface area (Å²) in [4.78, 5) is 0. The van der Waals surface area contributed by atoms with Gasteiger partial charge in [0.15, 0.2) is 11.6 Å². The monoisotopic (exact) mass is 502 g/mol. The molecule has 2 unspecified atom stereocenters. The van der Waals surface area contributed by atoms with Crippen molar-refractivity contribution in [2.24, 2.45) is 11.8 Å². The molecule has 200 valence electrons. The van der Waals surface area contributed by atoms with E-state index in [-0.39, 0.29) is 34.8 Å². The fourth-order valence-electron chi connectivity index (χ4n) is 2.45. The van der Waals surface area contributed by atoms with Crippen molar-refractivity contribution in [1.82, 2.24) is 0 Å². The molecule has 0 N–H and O–H groups in total. The van der Waals surface area contributed by atoms with E-state index in [1.807, 2.05) is 19.9 Å². The van der Waals surface area contributed by atoms with Gasteiger partial charge < -0.3 is 4.74 Å². The van der Waals surface area contributed by atoms with E-state index < -0.39 is 23.2 Å². The van der Waals surface area contributed by atoms with E-state index in [2.05, 4.69) is 66.8 Å². The molecule has 0 radical (unpaired) electrons. The minimum absolute atomic E-state index is 0.0565. The quantitative estimate of drug-likeness (QED) is 0.116. The normalized spacial score (nSPS) is 13.5. The van der Waals surface area contributed by atoms with Crippen molar-refractivity contribution in [3.63, 3.8) is 0 Å². The lowest BCUT2D eigenvalue weighted by atomic mass is 9.92. The maximum absolute atomic E-state index is 14.6. The number of ether oxygens (including phenoxy) is 1. The van der Waals surface area contributed by atoms with Crippen molar-refractivity contribution >= 4 is 0 Å². The zero-order valence-electron chi connectivity index (χ0n) is 23.0. The molecule has 0 bridgehead atoms. The Labute approximate surface area is 218 Å². The van der Waals surface area contributed by atoms with Crippen molar-refractivity contribution < 1.29 is 17.9 Å². The van der Waals surface area contributed by atoms with Crippen LogP contribution >= 0.6 is 0 Å². The molecule has 0 aromatic rings. The second-order valence-electron chi connectivity index (χ2n) is 8.71. The van der Waals surface area contributed by atoms with Gasteiger partial charge in [0.05, 0.1) is 6.61 Å². The van der Waals surface area contributed by atoms with Gasteiger partial charge in [-0.3, -0.25) is 0 Å². The number of hydrogen-bond acceptors (Lipinski definition) is 1. The first-order valence-corrected chi connectivity index (χ1v) is 12.3. The van der Waals surface area contributed by atoms with Crippen LogP contribution in [0.15, 0.2) is 121 Å². The summed E-state index contributed by atoms with van der Waals surface area (Å²) in [6, 6.07) is 0. The van der Waals surface area contributed by atoms with E-state index in [0.717, 1.165) is 12.8 Å². The van der Waals surface area contributed by atoms with Crippen molar-refractivity contribution in [1.29, 1.82) is 0 Å². The molecular formula is C32H45F3O. The molecule has 0 aliphatic heterocycles. The molecule has 0 aliphatic rings. The average molecular weight is 503 g/mol. The third kappa shape index (κ3) is 13.8. The van der Waals surface area contributed by atoms with E-state index >= 15 is 0 Å². The Hall–Kier alpha value is -3.01. The van der Waals surface area contributed by atoms with Crippen molar-refractivity contribution in [3.05, 3.63) is 121 Å². The van der Waals surface area contributed by atoms with Crippen LogP contribution in [0, 0.1) is 11.8 Å². The lowest BCUT2D eigenvalue weighted by molar-refractivity contribution is 0.208. The first kappa shape index (κ1) is 35.2. The van der Waals surface area contributed by atoms with Crippen LogP contribution in [0.2, 0.25) is 0 Å². The van der Waals surface area contributed by atoms with E-state index in [1.54, 1.807) is 0 Å². The van der Waals surface area contributed by atoms with Gasteiger partial charge in [-0.25, -0.2) is 8.78 Å². The molecule has 0 heterocycles. The summed E-state index contributed by atoms with van der Waals surface area (Å²) in [6.45, 7) is 36.1. The van der Waals surface area contributed by atoms with Crippen LogP contribution in [0.4, 0.5) is 13.2 Å². The van der Waals surface area contributed by atoms with E-state index in [9.17, 15) is 13.2 Å². The Morgan fingerprint density at radius 2 is 1.31 bits per heavy atom. The summed E-state index contributed by atoms with van der Waals surface area (Å²) in [5, 5.41) is 0. The molecule has 0 saturated carbocycles. The Kier molecular flexibility index (Phi) is 18.8. The van der Waals surface area contributed by atoms with Gasteiger partial charge in [-0.05, 0) is 53.9 Å². The minimum atomic E-state index is -1.24. The molecule has 0 aliphatic carbocycles. The van der Waals surface area contributed by atoms with Gasteiger partial charge in [0.25, 0.3) is 0 Å². The van der Waals surface area contributed by atoms with Gasteiger partial charge >= 0.3 is 0 Å². The van der Waals surface area contributed by atoms with Crippen molar-refractivity contribution in [2.75, 3.05) is 6.61 Å². The van der Waals surface area contributed by atoms with Crippen LogP contribution in [0.25, 0.3) is 0 Å². The predicted octanol–water partition coefficient (Wildman–Crippen LogP) is 10.9. The summed E-state index contributed by atoms with van der Waals surface area (Å²) >= 11 is 0. The van der Waals surface area contributed by atoms with Gasteiger partial charge in [-0.15, -0.1) is 6.58 Å². The highest BCUT2D eigenvalue weighted by atomic mass is 19.2. The second kappa shape index (κ2) is 19.2. The van der Waals surface area contributed by atoms with Crippen LogP contribution in [0.1, 0.15) is 60.3 Å². The third-order valence-electron chi connectivity index (χ3n) is 5.13. The Morgan fingerprint density at radius 1 is 0.806 bits per heavy atom. The van der Waals surface area contributed by atoms with Gasteiger partial charge in [0.1, 0.15) is 5.83 Å². The lowest BCUT2D eigenvalue weighted by Gasteiger charge is -2.14. The summed E-state index contributed by atoms with van der Waals surface area (Å²) in [5.74, 6) is -2.96. The summed E-state index contributed by atoms with van der Waals surface area (Å²) < 4.78 is 48.1. The highest BCUT2D eigenvalue weighted by Gasteiger charge is 2.16. The van der Waals surface area contributed by atoms with Gasteiger partial charge in [0.2, 0.25) is 5.83 Å². The lowest BCUT2D eigenvalue weighted by Crippen LogP contribution is -2.00. The van der Waals surface area contributed by atoms with E-state index in [0.29, 0.717) is 17.9 Å². The number of allylic oxidation sites excluding steroid dienone is 12. The number of halogens is 3. The smallest absolute Gasteiger partial charge is 0.200 e. The van der Waals surface area contributed by atoms with E-state index in [1.165, 1.54) is 24.6 Å². The molecule has 0 rings (SSSR count). The van der Waals surface area contributed by atoms with Crippen molar-refractivity contribution in [3.8, 4) is 0 Å². The van der Waals surface area contributed by atoms with Gasteiger partial charge in [-0.1, -0.05) is 98.7 Å². The van der Waals surface area contributed by atoms with Crippen LogP contribution in [0.5, 0.6) is 0 Å². The van der Waals surface area contributed by atoms with Gasteiger partial charge in [0, 0.05) is 11.1 Å². The van der Waals surface area contributed by atoms with Crippen LogP contribution in [-0.4, -0.2) is 6.61 Å². The molecule has 0 amide bonds. The van der Waals surface area contributed by atoms with E-state index in [4.69, 9.17) is 4.74 Å². The molecule has 36 heavy (non-hydrogen) atoms. The van der Waals surface area contributed by atoms with Crippen LogP contribution in [0.3, 0.4) is 0 Å². The Bertz CT molecular complexity index is 912. The molecule has 0 fully saturated rings. The molecule has 0 aromatic heterocycles. The molecule has 4 heteroatoms. The first-order valence-electron chi connectivity index (χ1n) is 12.3. The Morgan fingerprint density at radius 3 is 1.78 bits per heavy atom. The molecular weight excluding hydrogens is 457 g/mol. The topological polar surface area (TPSA) is 9.23 Å². The first-order chi connectivity index (χ1) is 16.8. The molecule has 0 saturated heterocycles. The fraction of sp³-hybridized carbons (Fsp3) is 0.375. The van der Waals surface area contributed by atoms with Gasteiger partial charge in [-0.2, -0.15) is 4.39 Å². The molecule has 2 atom stereocenters. The molecule has 0 spiro atoms. The SMILES string of the molecule is C=CC(C)CCC(C)C(=C)/C=C(/F)C(=C)C(=C)/C=C\C(=C)C(=C)/C(F)=C(/F)C(=C)OCCC.CCC. The predicted molar refractivity (Wildman–Crippen MR) is 152 cm³/mol. The maximum Gasteiger partial charge on any atom is 0.200 e. The minimum Gasteiger partial charge on any atom is -0.491 e. The standard InChI is InChI=1S/C29H37F3O.C3H8/c1-11-17-33-26(10)29(32)28(31)25(9)22(6)16-15-21(5)24(8)27(30)18-23(7)20(4)14-13-19(3)12-2;1-3-2/h12,15-16,18-20H,2,5-11,13-14,17H2,1,3-4H3;3H2,1-2H3/b16-15-,27-18+,29-28-;. The summed E-state index contributed by atoms with van der Waals surface area (Å²) in [7, 11) is 0. The third-order valence-corrected chi connectivity index (χ3v) is 5.13. The van der Waals surface area contributed by atoms with Crippen LogP contribution in [-0.2, 0) is 4.74 Å². The second-order valence-corrected chi connectivity index (χ2v) is 8.71. The summed E-state index contributed by atoms with van der Waals surface area (Å²) in [6.07, 6.45) is 9.68. The zero-order chi connectivity index (χ0) is 28.4. The maximum atomic E-state index is 14.6. The zero-order valence-corrected chi connectivity index (χ0v) is 23.0. The van der Waals surface area contributed by atoms with Crippen molar-refractivity contribution in [2.45, 2.75) is 60.3 Å². The fourth-order valence-corrected chi connectivity index (χ4v) is 2.45. The summed E-state index contributed by atoms with van der Waals surface area (Å²) in [5.41, 5.74) is 0.752. The number of rotatable bonds is 16.